The minimum Gasteiger partial charge on any atom is -0.393 e. The first-order valence-corrected chi connectivity index (χ1v) is 9.35. The first kappa shape index (κ1) is 17.0. The molecule has 1 aromatic rings. The maximum Gasteiger partial charge on any atom is 0.223 e. The van der Waals surface area contributed by atoms with Gasteiger partial charge in [-0.3, -0.25) is 4.79 Å². The van der Waals surface area contributed by atoms with E-state index in [1.165, 1.54) is 12.1 Å². The van der Waals surface area contributed by atoms with Crippen molar-refractivity contribution in [2.24, 2.45) is 11.8 Å². The summed E-state index contributed by atoms with van der Waals surface area (Å²) in [5, 5.41) is 10.3. The van der Waals surface area contributed by atoms with Crippen LogP contribution in [0, 0.1) is 17.7 Å². The largest absolute Gasteiger partial charge is 0.393 e. The summed E-state index contributed by atoms with van der Waals surface area (Å²) >= 11 is 0. The molecule has 3 fully saturated rings. The van der Waals surface area contributed by atoms with E-state index >= 15 is 0 Å². The van der Waals surface area contributed by atoms with Crippen LogP contribution in [0.4, 0.5) is 8.78 Å². The van der Waals surface area contributed by atoms with Crippen molar-refractivity contribution in [3.63, 3.8) is 0 Å². The van der Waals surface area contributed by atoms with Gasteiger partial charge in [-0.2, -0.15) is 0 Å². The number of amides is 1. The molecule has 1 heterocycles. The van der Waals surface area contributed by atoms with Crippen LogP contribution in [0.15, 0.2) is 24.3 Å². The Morgan fingerprint density at radius 2 is 1.76 bits per heavy atom. The number of hydrogen-bond donors (Lipinski definition) is 1. The standard InChI is InChI=1S/C20H25F2NO2/c21-16-6-4-13(5-7-16)20(10-19(25)23-11-17(22)12-23)14-2-1-3-15(20)9-18(24)8-14/h4-7,14-15,17-18,24H,1-3,8-12H2. The normalized spacial score (nSPS) is 35.3. The molecule has 1 N–H and O–H groups in total. The van der Waals surface area contributed by atoms with Gasteiger partial charge >= 0.3 is 0 Å². The number of aliphatic hydroxyl groups excluding tert-OH is 1. The van der Waals surface area contributed by atoms with Crippen LogP contribution >= 0.6 is 0 Å². The Kier molecular flexibility index (Phi) is 4.30. The van der Waals surface area contributed by atoms with Gasteiger partial charge in [-0.1, -0.05) is 18.6 Å². The van der Waals surface area contributed by atoms with Gasteiger partial charge in [0, 0.05) is 11.8 Å². The summed E-state index contributed by atoms with van der Waals surface area (Å²) in [4.78, 5) is 14.4. The summed E-state index contributed by atoms with van der Waals surface area (Å²) in [6, 6.07) is 6.53. The number of carbonyl (C=O) groups excluding carboxylic acids is 1. The van der Waals surface area contributed by atoms with Crippen molar-refractivity contribution in [3.8, 4) is 0 Å². The molecular formula is C20H25F2NO2. The second-order valence-electron chi connectivity index (χ2n) is 8.07. The first-order chi connectivity index (χ1) is 12.0. The highest BCUT2D eigenvalue weighted by Crippen LogP contribution is 2.56. The molecule has 5 heteroatoms. The third kappa shape index (κ3) is 2.86. The van der Waals surface area contributed by atoms with Crippen LogP contribution in [0.25, 0.3) is 0 Å². The molecule has 0 spiro atoms. The fraction of sp³-hybridized carbons (Fsp3) is 0.650. The second kappa shape index (κ2) is 6.35. The fourth-order valence-electron chi connectivity index (χ4n) is 5.48. The lowest BCUT2D eigenvalue weighted by atomic mass is 9.50. The van der Waals surface area contributed by atoms with Crippen LogP contribution in [0.5, 0.6) is 0 Å². The van der Waals surface area contributed by atoms with Gasteiger partial charge < -0.3 is 10.0 Å². The van der Waals surface area contributed by atoms with E-state index in [0.717, 1.165) is 24.8 Å². The third-order valence-electron chi connectivity index (χ3n) is 6.69. The topological polar surface area (TPSA) is 40.5 Å². The molecule has 136 valence electrons. The van der Waals surface area contributed by atoms with Gasteiger partial charge in [0.05, 0.1) is 19.2 Å². The molecule has 0 radical (unpaired) electrons. The molecule has 1 aliphatic heterocycles. The number of likely N-dealkylation sites (tertiary alicyclic amines) is 1. The maximum atomic E-state index is 13.5. The first-order valence-electron chi connectivity index (χ1n) is 9.35. The van der Waals surface area contributed by atoms with Crippen LogP contribution in [-0.4, -0.2) is 41.3 Å². The molecule has 3 nitrogen and oxygen atoms in total. The lowest BCUT2D eigenvalue weighted by Crippen LogP contribution is -2.57. The average Bonchev–Trinajstić information content (AvgIpc) is 2.53. The van der Waals surface area contributed by atoms with E-state index in [2.05, 4.69) is 0 Å². The van der Waals surface area contributed by atoms with E-state index in [9.17, 15) is 18.7 Å². The van der Waals surface area contributed by atoms with E-state index in [1.807, 2.05) is 0 Å². The highest BCUT2D eigenvalue weighted by Gasteiger charge is 2.54. The Morgan fingerprint density at radius 1 is 1.16 bits per heavy atom. The summed E-state index contributed by atoms with van der Waals surface area (Å²) in [7, 11) is 0. The van der Waals surface area contributed by atoms with Crippen molar-refractivity contribution in [3.05, 3.63) is 35.6 Å². The molecular weight excluding hydrogens is 324 g/mol. The molecule has 2 saturated carbocycles. The monoisotopic (exact) mass is 349 g/mol. The third-order valence-corrected chi connectivity index (χ3v) is 6.69. The Bertz CT molecular complexity index is 628. The number of alkyl halides is 1. The zero-order valence-corrected chi connectivity index (χ0v) is 14.3. The molecule has 2 bridgehead atoms. The number of nitrogens with zero attached hydrogens (tertiary/aromatic N) is 1. The van der Waals surface area contributed by atoms with Crippen molar-refractivity contribution in [1.82, 2.24) is 4.90 Å². The molecule has 1 saturated heterocycles. The highest BCUT2D eigenvalue weighted by atomic mass is 19.1. The molecule has 1 aromatic carbocycles. The van der Waals surface area contributed by atoms with E-state index in [-0.39, 0.29) is 48.2 Å². The second-order valence-corrected chi connectivity index (χ2v) is 8.07. The van der Waals surface area contributed by atoms with Gasteiger partial charge in [0.2, 0.25) is 5.91 Å². The number of rotatable bonds is 3. The van der Waals surface area contributed by atoms with Crippen LogP contribution in [0.1, 0.15) is 44.1 Å². The number of carbonyl (C=O) groups is 1. The number of halogens is 2. The molecule has 4 rings (SSSR count). The zero-order chi connectivity index (χ0) is 17.6. The molecule has 1 amide bonds. The minimum atomic E-state index is -0.904. The van der Waals surface area contributed by atoms with Gasteiger partial charge in [0.15, 0.2) is 0 Å². The minimum absolute atomic E-state index is 0.00786. The van der Waals surface area contributed by atoms with Gasteiger partial charge in [0.25, 0.3) is 0 Å². The van der Waals surface area contributed by atoms with Gasteiger partial charge in [-0.15, -0.1) is 0 Å². The summed E-state index contributed by atoms with van der Waals surface area (Å²) in [6.45, 7) is 0.382. The molecule has 2 atom stereocenters. The number of fused-ring (bicyclic) bond motifs is 2. The van der Waals surface area contributed by atoms with Gasteiger partial charge in [-0.25, -0.2) is 8.78 Å². The van der Waals surface area contributed by atoms with Crippen molar-refractivity contribution in [1.29, 1.82) is 0 Å². The van der Waals surface area contributed by atoms with Gasteiger partial charge in [-0.05, 0) is 55.2 Å². The van der Waals surface area contributed by atoms with Crippen LogP contribution in [0.2, 0.25) is 0 Å². The lowest BCUT2D eigenvalue weighted by Gasteiger charge is -2.55. The Labute approximate surface area is 147 Å². The smallest absolute Gasteiger partial charge is 0.223 e. The molecule has 0 aromatic heterocycles. The Hall–Kier alpha value is -1.49. The van der Waals surface area contributed by atoms with E-state index < -0.39 is 6.17 Å². The molecule has 3 aliphatic rings. The van der Waals surface area contributed by atoms with Crippen molar-refractivity contribution < 1.29 is 18.7 Å². The summed E-state index contributed by atoms with van der Waals surface area (Å²) < 4.78 is 26.7. The van der Waals surface area contributed by atoms with Crippen molar-refractivity contribution in [2.75, 3.05) is 13.1 Å². The van der Waals surface area contributed by atoms with Crippen molar-refractivity contribution in [2.45, 2.75) is 56.2 Å². The quantitative estimate of drug-likeness (QED) is 0.910. The number of hydrogen-bond acceptors (Lipinski definition) is 2. The van der Waals surface area contributed by atoms with Crippen LogP contribution < -0.4 is 0 Å². The zero-order valence-electron chi connectivity index (χ0n) is 14.3. The summed E-state index contributed by atoms with van der Waals surface area (Å²) in [6.07, 6.45) is 3.55. The molecule has 2 unspecified atom stereocenters. The number of benzene rings is 1. The number of aliphatic hydroxyl groups is 1. The Balaban J connectivity index is 1.70. The predicted molar refractivity (Wildman–Crippen MR) is 90.2 cm³/mol. The lowest BCUT2D eigenvalue weighted by molar-refractivity contribution is -0.143. The summed E-state index contributed by atoms with van der Waals surface area (Å²) in [5.74, 6) is 0.138. The SMILES string of the molecule is O=C(CC1(c2ccc(F)cc2)C2CCCC1CC(O)C2)N1CC(F)C1. The Morgan fingerprint density at radius 3 is 2.32 bits per heavy atom. The molecule has 25 heavy (non-hydrogen) atoms. The average molecular weight is 349 g/mol. The summed E-state index contributed by atoms with van der Waals surface area (Å²) in [5.41, 5.74) is 0.644. The van der Waals surface area contributed by atoms with E-state index in [0.29, 0.717) is 19.3 Å². The van der Waals surface area contributed by atoms with Gasteiger partial charge in [0.1, 0.15) is 12.0 Å². The van der Waals surface area contributed by atoms with E-state index in [4.69, 9.17) is 0 Å². The fourth-order valence-corrected chi connectivity index (χ4v) is 5.48. The van der Waals surface area contributed by atoms with E-state index in [1.54, 1.807) is 17.0 Å². The molecule has 2 aliphatic carbocycles. The predicted octanol–water partition coefficient (Wildman–Crippen LogP) is 3.20. The van der Waals surface area contributed by atoms with Crippen LogP contribution in [0.3, 0.4) is 0 Å². The van der Waals surface area contributed by atoms with Crippen molar-refractivity contribution >= 4 is 5.91 Å². The highest BCUT2D eigenvalue weighted by molar-refractivity contribution is 5.79. The maximum absolute atomic E-state index is 13.5. The van der Waals surface area contributed by atoms with Crippen LogP contribution in [-0.2, 0) is 10.2 Å².